The van der Waals surface area contributed by atoms with Crippen molar-refractivity contribution in [2.24, 2.45) is 0 Å². The molecule has 0 bridgehead atoms. The Balaban J connectivity index is 0. The molecule has 1 nitrogen and oxygen atoms in total. The van der Waals surface area contributed by atoms with Crippen molar-refractivity contribution in [3.05, 3.63) is 0 Å². The summed E-state index contributed by atoms with van der Waals surface area (Å²) in [5.74, 6) is 0. The molecule has 0 aliphatic heterocycles. The average Bonchev–Trinajstić information content (AvgIpc) is 1.35. The summed E-state index contributed by atoms with van der Waals surface area (Å²) in [5.41, 5.74) is 0. The molecule has 6 heteroatoms. The van der Waals surface area contributed by atoms with Gasteiger partial charge in [-0.2, -0.15) is 0 Å². The molecule has 0 spiro atoms. The molecule has 40 valence electrons. The van der Waals surface area contributed by atoms with E-state index in [0.717, 1.165) is 0 Å². The molecule has 0 heterocycles. The van der Waals surface area contributed by atoms with Gasteiger partial charge >= 0.3 is 33.5 Å². The van der Waals surface area contributed by atoms with Crippen LogP contribution in [0.15, 0.2) is 0 Å². The molecule has 7 heavy (non-hydrogen) atoms. The van der Waals surface area contributed by atoms with Crippen LogP contribution >= 0.6 is 46.7 Å². The van der Waals surface area contributed by atoms with Crippen LogP contribution in [0, 0.1) is 0 Å². The van der Waals surface area contributed by atoms with Gasteiger partial charge in [0.1, 0.15) is 0 Å². The molecule has 0 saturated carbocycles. The van der Waals surface area contributed by atoms with Crippen molar-refractivity contribution in [3.63, 3.8) is 0 Å². The summed E-state index contributed by atoms with van der Waals surface area (Å²) < 4.78 is 1.93. The summed E-state index contributed by atoms with van der Waals surface area (Å²) in [6, 6.07) is 0. The number of hydrogen-bond donors (Lipinski definition) is 0. The van der Waals surface area contributed by atoms with E-state index >= 15 is 0 Å². The maximum atomic E-state index is 4.89. The fourth-order valence-electron chi connectivity index (χ4n) is 0. The van der Waals surface area contributed by atoms with Crippen LogP contribution in [0.25, 0.3) is 0 Å². The van der Waals surface area contributed by atoms with Gasteiger partial charge < -0.3 is 0 Å². The third-order valence-corrected chi connectivity index (χ3v) is 0.787. The predicted molar refractivity (Wildman–Crippen MR) is 34.4 cm³/mol. The molecule has 0 N–H and O–H groups in total. The fraction of sp³-hybridized carbons (Fsp3) is 1.00. The van der Waals surface area contributed by atoms with E-state index in [-0.39, 0.29) is 29.6 Å². The molecular formula is CHCl4NaO. The minimum atomic E-state index is -1.78. The van der Waals surface area contributed by atoms with Gasteiger partial charge in [0.2, 0.25) is 0 Å². The van der Waals surface area contributed by atoms with Crippen molar-refractivity contribution in [2.45, 2.75) is 3.98 Å². The van der Waals surface area contributed by atoms with Crippen LogP contribution < -0.4 is 0 Å². The number of rotatable bonds is 0. The van der Waals surface area contributed by atoms with Gasteiger partial charge in [0.05, 0.1) is 11.9 Å². The summed E-state index contributed by atoms with van der Waals surface area (Å²) in [4.78, 5) is 0. The van der Waals surface area contributed by atoms with Crippen molar-refractivity contribution in [1.82, 2.24) is 0 Å². The van der Waals surface area contributed by atoms with Crippen molar-refractivity contribution >= 4 is 76.2 Å². The molecule has 0 aliphatic carbocycles. The van der Waals surface area contributed by atoms with Crippen LogP contribution in [0.3, 0.4) is 0 Å². The van der Waals surface area contributed by atoms with Crippen molar-refractivity contribution < 1.29 is 4.29 Å². The Morgan fingerprint density at radius 1 is 1.14 bits per heavy atom. The molecule has 0 unspecified atom stereocenters. The van der Waals surface area contributed by atoms with Crippen molar-refractivity contribution in [1.29, 1.82) is 0 Å². The van der Waals surface area contributed by atoms with Gasteiger partial charge in [-0.05, 0) is 0 Å². The Labute approximate surface area is 83.7 Å². The molecule has 0 aromatic rings. The van der Waals surface area contributed by atoms with Crippen LogP contribution in [-0.4, -0.2) is 33.5 Å². The van der Waals surface area contributed by atoms with Gasteiger partial charge in [-0.15, -0.1) is 0 Å². The average molecular weight is 194 g/mol. The zero-order valence-electron chi connectivity index (χ0n) is 2.42. The summed E-state index contributed by atoms with van der Waals surface area (Å²) in [7, 11) is 0. The second-order valence-electron chi connectivity index (χ2n) is 0.523. The van der Waals surface area contributed by atoms with Gasteiger partial charge in [-0.3, -0.25) is 0 Å². The van der Waals surface area contributed by atoms with Crippen molar-refractivity contribution in [2.75, 3.05) is 0 Å². The second kappa shape index (κ2) is 4.95. The van der Waals surface area contributed by atoms with Gasteiger partial charge in [0.25, 0.3) is 0 Å². The Hall–Kier alpha value is 2.12. The number of alkyl halides is 3. The first-order chi connectivity index (χ1) is 2.56. The monoisotopic (exact) mass is 192 g/mol. The quantitative estimate of drug-likeness (QED) is 0.422. The molecule has 0 amide bonds. The molecule has 0 radical (unpaired) electrons. The zero-order chi connectivity index (χ0) is 5.21. The van der Waals surface area contributed by atoms with Crippen LogP contribution in [0.4, 0.5) is 0 Å². The normalized spacial score (nSPS) is 10.3. The van der Waals surface area contributed by atoms with E-state index in [1.165, 1.54) is 0 Å². The van der Waals surface area contributed by atoms with Gasteiger partial charge in [0, 0.05) is 0 Å². The molecule has 0 rings (SSSR count). The molecule has 0 aromatic carbocycles. The first-order valence-electron chi connectivity index (χ1n) is 0.925. The van der Waals surface area contributed by atoms with Gasteiger partial charge in [0.15, 0.2) is 0 Å². The van der Waals surface area contributed by atoms with E-state index in [9.17, 15) is 0 Å². The number of hydrogen-bond acceptors (Lipinski definition) is 1. The predicted octanol–water partition coefficient (Wildman–Crippen LogP) is 1.84. The van der Waals surface area contributed by atoms with Crippen LogP contribution in [0.1, 0.15) is 0 Å². The Kier molecular flexibility index (Phi) is 8.39. The van der Waals surface area contributed by atoms with Crippen LogP contribution in [0.5, 0.6) is 0 Å². The third-order valence-electron chi connectivity index (χ3n) is 0.0875. The Morgan fingerprint density at radius 2 is 1.29 bits per heavy atom. The summed E-state index contributed by atoms with van der Waals surface area (Å²) in [6.07, 6.45) is 0. The van der Waals surface area contributed by atoms with E-state index in [0.29, 0.717) is 0 Å². The topological polar surface area (TPSA) is 9.23 Å². The summed E-state index contributed by atoms with van der Waals surface area (Å²) in [5, 5.41) is 0. The Bertz CT molecular complexity index is 41.4. The zero-order valence-corrected chi connectivity index (χ0v) is 5.44. The van der Waals surface area contributed by atoms with E-state index in [1.54, 1.807) is 0 Å². The minimum absolute atomic E-state index is 0. The van der Waals surface area contributed by atoms with Gasteiger partial charge in [-0.25, -0.2) is 4.29 Å². The number of halogens is 4. The first kappa shape index (κ1) is 11.9. The molecule has 0 saturated heterocycles. The second-order valence-corrected chi connectivity index (χ2v) is 2.85. The van der Waals surface area contributed by atoms with E-state index in [2.05, 4.69) is 16.2 Å². The van der Waals surface area contributed by atoms with Crippen molar-refractivity contribution in [3.8, 4) is 0 Å². The van der Waals surface area contributed by atoms with Gasteiger partial charge in [-0.1, -0.05) is 34.8 Å². The molecule has 0 atom stereocenters. The van der Waals surface area contributed by atoms with E-state index in [4.69, 9.17) is 34.8 Å². The van der Waals surface area contributed by atoms with Crippen LogP contribution in [-0.2, 0) is 4.29 Å². The maximum absolute atomic E-state index is 4.89. The van der Waals surface area contributed by atoms with Crippen LogP contribution in [0.2, 0.25) is 0 Å². The van der Waals surface area contributed by atoms with E-state index < -0.39 is 3.98 Å². The summed E-state index contributed by atoms with van der Waals surface area (Å²) >= 11 is 19.3. The SMILES string of the molecule is ClOC(Cl)(Cl)Cl.[NaH]. The third kappa shape index (κ3) is 11.6. The van der Waals surface area contributed by atoms with E-state index in [1.807, 2.05) is 0 Å². The fourth-order valence-corrected chi connectivity index (χ4v) is 0. The standard InChI is InChI=1S/CCl4O.Na.H/c2-1(3,4)6-5;;. The summed E-state index contributed by atoms with van der Waals surface area (Å²) in [6.45, 7) is 0. The molecular weight excluding hydrogens is 193 g/mol. The first-order valence-corrected chi connectivity index (χ1v) is 2.37. The molecule has 0 fully saturated rings. The Morgan fingerprint density at radius 3 is 1.29 bits per heavy atom. The molecule has 0 aromatic heterocycles. The molecule has 0 aliphatic rings.